The van der Waals surface area contributed by atoms with Crippen molar-refractivity contribution in [3.8, 4) is 0 Å². The average molecular weight is 373 g/mol. The summed E-state index contributed by atoms with van der Waals surface area (Å²) in [6.07, 6.45) is 1.47. The Morgan fingerprint density at radius 3 is 2.25 bits per heavy atom. The summed E-state index contributed by atoms with van der Waals surface area (Å²) in [6.45, 7) is 7.91. The Labute approximate surface area is 164 Å². The Balaban J connectivity index is 1.77. The van der Waals surface area contributed by atoms with E-state index in [1.165, 1.54) is 12.3 Å². The number of benzene rings is 2. The summed E-state index contributed by atoms with van der Waals surface area (Å²) < 4.78 is 0. The lowest BCUT2D eigenvalue weighted by molar-refractivity contribution is 0.102. The van der Waals surface area contributed by atoms with Crippen LogP contribution in [0.25, 0.3) is 0 Å². The molecule has 5 heteroatoms. The molecule has 0 aliphatic rings. The normalized spacial score (nSPS) is 10.4. The van der Waals surface area contributed by atoms with E-state index in [-0.39, 0.29) is 17.5 Å². The number of nitrogens with one attached hydrogen (secondary N) is 2. The molecule has 5 nitrogen and oxygen atoms in total. The number of hydrogen-bond acceptors (Lipinski definition) is 3. The van der Waals surface area contributed by atoms with Crippen molar-refractivity contribution in [2.45, 2.75) is 27.7 Å². The van der Waals surface area contributed by atoms with E-state index in [9.17, 15) is 9.59 Å². The third-order valence-electron chi connectivity index (χ3n) is 4.66. The van der Waals surface area contributed by atoms with E-state index in [0.717, 1.165) is 27.9 Å². The Bertz CT molecular complexity index is 1060. The first kappa shape index (κ1) is 19.3. The highest BCUT2D eigenvalue weighted by molar-refractivity contribution is 6.08. The minimum Gasteiger partial charge on any atom is -0.322 e. The van der Waals surface area contributed by atoms with Gasteiger partial charge >= 0.3 is 0 Å². The molecule has 0 saturated carbocycles. The zero-order valence-electron chi connectivity index (χ0n) is 16.5. The third-order valence-corrected chi connectivity index (χ3v) is 4.66. The fourth-order valence-corrected chi connectivity index (χ4v) is 2.78. The molecule has 0 bridgehead atoms. The molecule has 0 aliphatic heterocycles. The highest BCUT2D eigenvalue weighted by Crippen LogP contribution is 2.18. The van der Waals surface area contributed by atoms with E-state index in [1.54, 1.807) is 6.07 Å². The standard InChI is InChI=1S/C23H23N3O2/c1-14-5-6-16(3)20(11-14)26-22(27)18-9-10-24-21(13-18)23(28)25-19-8-7-15(2)17(4)12-19/h5-13H,1-4H3,(H,25,28)(H,26,27). The Morgan fingerprint density at radius 2 is 1.50 bits per heavy atom. The molecule has 1 aromatic heterocycles. The zero-order chi connectivity index (χ0) is 20.3. The summed E-state index contributed by atoms with van der Waals surface area (Å²) in [4.78, 5) is 29.3. The molecule has 0 fully saturated rings. The van der Waals surface area contributed by atoms with E-state index in [0.29, 0.717) is 11.3 Å². The quantitative estimate of drug-likeness (QED) is 0.689. The number of anilines is 2. The monoisotopic (exact) mass is 373 g/mol. The number of aromatic nitrogens is 1. The molecular weight excluding hydrogens is 350 g/mol. The second-order valence-electron chi connectivity index (χ2n) is 6.96. The predicted molar refractivity (Wildman–Crippen MR) is 112 cm³/mol. The van der Waals surface area contributed by atoms with Gasteiger partial charge in [0.15, 0.2) is 0 Å². The number of carbonyl (C=O) groups is 2. The minimum absolute atomic E-state index is 0.187. The molecule has 1 heterocycles. The molecule has 28 heavy (non-hydrogen) atoms. The molecule has 2 N–H and O–H groups in total. The van der Waals surface area contributed by atoms with Gasteiger partial charge in [0.2, 0.25) is 0 Å². The van der Waals surface area contributed by atoms with Crippen LogP contribution in [-0.2, 0) is 0 Å². The highest BCUT2D eigenvalue weighted by atomic mass is 16.2. The van der Waals surface area contributed by atoms with Gasteiger partial charge in [0.1, 0.15) is 5.69 Å². The van der Waals surface area contributed by atoms with Crippen LogP contribution in [0.4, 0.5) is 11.4 Å². The first-order valence-corrected chi connectivity index (χ1v) is 9.07. The lowest BCUT2D eigenvalue weighted by Crippen LogP contribution is -2.17. The number of nitrogens with zero attached hydrogens (tertiary/aromatic N) is 1. The summed E-state index contributed by atoms with van der Waals surface area (Å²) in [5, 5.41) is 5.72. The number of pyridine rings is 1. The Morgan fingerprint density at radius 1 is 0.750 bits per heavy atom. The van der Waals surface area contributed by atoms with Crippen molar-refractivity contribution in [3.05, 3.63) is 88.2 Å². The molecule has 3 aromatic rings. The number of carbonyl (C=O) groups excluding carboxylic acids is 2. The average Bonchev–Trinajstić information content (AvgIpc) is 2.67. The van der Waals surface area contributed by atoms with Crippen molar-refractivity contribution in [1.29, 1.82) is 0 Å². The number of hydrogen-bond donors (Lipinski definition) is 2. The Hall–Kier alpha value is -3.47. The van der Waals surface area contributed by atoms with Gasteiger partial charge in [-0.1, -0.05) is 18.2 Å². The van der Waals surface area contributed by atoms with Crippen LogP contribution in [0.1, 0.15) is 43.1 Å². The van der Waals surface area contributed by atoms with E-state index in [4.69, 9.17) is 0 Å². The SMILES string of the molecule is Cc1ccc(C)c(NC(=O)c2ccnc(C(=O)Nc3ccc(C)c(C)c3)c2)c1. The van der Waals surface area contributed by atoms with E-state index in [2.05, 4.69) is 15.6 Å². The second-order valence-corrected chi connectivity index (χ2v) is 6.96. The van der Waals surface area contributed by atoms with Crippen molar-refractivity contribution in [1.82, 2.24) is 4.98 Å². The van der Waals surface area contributed by atoms with Crippen LogP contribution in [0.5, 0.6) is 0 Å². The number of amides is 2. The van der Waals surface area contributed by atoms with Crippen molar-refractivity contribution in [3.63, 3.8) is 0 Å². The number of aryl methyl sites for hydroxylation is 4. The predicted octanol–water partition coefficient (Wildman–Crippen LogP) is 4.82. The smallest absolute Gasteiger partial charge is 0.274 e. The van der Waals surface area contributed by atoms with Gasteiger partial charge in [0.25, 0.3) is 11.8 Å². The van der Waals surface area contributed by atoms with E-state index >= 15 is 0 Å². The molecule has 0 unspecified atom stereocenters. The summed E-state index contributed by atoms with van der Waals surface area (Å²) in [5.41, 5.74) is 6.29. The summed E-state index contributed by atoms with van der Waals surface area (Å²) in [6, 6.07) is 14.7. The van der Waals surface area contributed by atoms with Gasteiger partial charge in [-0.05, 0) is 80.3 Å². The zero-order valence-corrected chi connectivity index (χ0v) is 16.5. The molecule has 142 valence electrons. The fourth-order valence-electron chi connectivity index (χ4n) is 2.78. The van der Waals surface area contributed by atoms with Gasteiger partial charge in [-0.15, -0.1) is 0 Å². The van der Waals surface area contributed by atoms with Crippen LogP contribution >= 0.6 is 0 Å². The van der Waals surface area contributed by atoms with Gasteiger partial charge in [0.05, 0.1) is 0 Å². The van der Waals surface area contributed by atoms with Gasteiger partial charge in [0, 0.05) is 23.1 Å². The van der Waals surface area contributed by atoms with Gasteiger partial charge in [-0.2, -0.15) is 0 Å². The first-order chi connectivity index (χ1) is 13.3. The lowest BCUT2D eigenvalue weighted by Gasteiger charge is -2.10. The van der Waals surface area contributed by atoms with E-state index < -0.39 is 0 Å². The van der Waals surface area contributed by atoms with Crippen molar-refractivity contribution < 1.29 is 9.59 Å². The van der Waals surface area contributed by atoms with Crippen molar-refractivity contribution in [2.24, 2.45) is 0 Å². The Kier molecular flexibility index (Phi) is 5.54. The summed E-state index contributed by atoms with van der Waals surface area (Å²) in [7, 11) is 0. The lowest BCUT2D eigenvalue weighted by atomic mass is 10.1. The van der Waals surface area contributed by atoms with Crippen LogP contribution in [0, 0.1) is 27.7 Å². The van der Waals surface area contributed by atoms with Crippen LogP contribution in [0.15, 0.2) is 54.7 Å². The second kappa shape index (κ2) is 8.05. The molecule has 0 aliphatic carbocycles. The molecule has 0 atom stereocenters. The van der Waals surface area contributed by atoms with E-state index in [1.807, 2.05) is 64.1 Å². The third kappa shape index (κ3) is 4.43. The van der Waals surface area contributed by atoms with Crippen LogP contribution in [-0.4, -0.2) is 16.8 Å². The molecule has 0 radical (unpaired) electrons. The molecule has 2 amide bonds. The topological polar surface area (TPSA) is 71.1 Å². The van der Waals surface area contributed by atoms with Gasteiger partial charge in [-0.25, -0.2) is 0 Å². The first-order valence-electron chi connectivity index (χ1n) is 9.07. The molecular formula is C23H23N3O2. The van der Waals surface area contributed by atoms with Crippen LogP contribution in [0.2, 0.25) is 0 Å². The molecule has 3 rings (SSSR count). The molecule has 0 spiro atoms. The molecule has 2 aromatic carbocycles. The van der Waals surface area contributed by atoms with Crippen molar-refractivity contribution in [2.75, 3.05) is 10.6 Å². The maximum atomic E-state index is 12.6. The maximum Gasteiger partial charge on any atom is 0.274 e. The maximum absolute atomic E-state index is 12.6. The van der Waals surface area contributed by atoms with Crippen LogP contribution < -0.4 is 10.6 Å². The fraction of sp³-hybridized carbons (Fsp3) is 0.174. The van der Waals surface area contributed by atoms with Gasteiger partial charge in [-0.3, -0.25) is 14.6 Å². The largest absolute Gasteiger partial charge is 0.322 e. The van der Waals surface area contributed by atoms with Crippen LogP contribution in [0.3, 0.4) is 0 Å². The number of rotatable bonds is 4. The molecule has 0 saturated heterocycles. The minimum atomic E-state index is -0.357. The summed E-state index contributed by atoms with van der Waals surface area (Å²) >= 11 is 0. The highest BCUT2D eigenvalue weighted by Gasteiger charge is 2.13. The summed E-state index contributed by atoms with van der Waals surface area (Å²) in [5.74, 6) is -0.638. The van der Waals surface area contributed by atoms with Crippen molar-refractivity contribution >= 4 is 23.2 Å². The van der Waals surface area contributed by atoms with Gasteiger partial charge < -0.3 is 10.6 Å².